The maximum absolute atomic E-state index is 12.3. The van der Waals surface area contributed by atoms with Gasteiger partial charge >= 0.3 is 0 Å². The molecule has 0 saturated carbocycles. The smallest absolute Gasteiger partial charge is 0.262 e. The van der Waals surface area contributed by atoms with Gasteiger partial charge in [0.15, 0.2) is 0 Å². The van der Waals surface area contributed by atoms with Crippen LogP contribution in [0.25, 0.3) is 6.08 Å². The highest BCUT2D eigenvalue weighted by molar-refractivity contribution is 6.02. The SMILES string of the molecule is Cc1ccccc1/C=C(/C#N)C(=O)NC(C)c1ccccc1. The molecule has 0 aromatic heterocycles. The summed E-state index contributed by atoms with van der Waals surface area (Å²) in [5.41, 5.74) is 3.02. The zero-order valence-electron chi connectivity index (χ0n) is 12.7. The van der Waals surface area contributed by atoms with Crippen molar-refractivity contribution in [1.29, 1.82) is 5.26 Å². The Kier molecular flexibility index (Phi) is 5.11. The summed E-state index contributed by atoms with van der Waals surface area (Å²) in [5, 5.41) is 12.1. The predicted molar refractivity (Wildman–Crippen MR) is 87.8 cm³/mol. The number of rotatable bonds is 4. The molecule has 3 nitrogen and oxygen atoms in total. The number of hydrogen-bond donors (Lipinski definition) is 1. The maximum atomic E-state index is 12.3. The van der Waals surface area contributed by atoms with Gasteiger partial charge in [0.2, 0.25) is 0 Å². The first-order valence-corrected chi connectivity index (χ1v) is 7.15. The van der Waals surface area contributed by atoms with E-state index in [1.54, 1.807) is 6.08 Å². The largest absolute Gasteiger partial charge is 0.345 e. The topological polar surface area (TPSA) is 52.9 Å². The highest BCUT2D eigenvalue weighted by atomic mass is 16.1. The van der Waals surface area contributed by atoms with E-state index in [9.17, 15) is 10.1 Å². The van der Waals surface area contributed by atoms with Gasteiger partial charge in [-0.05, 0) is 36.6 Å². The fourth-order valence-electron chi connectivity index (χ4n) is 2.15. The molecule has 3 heteroatoms. The number of amides is 1. The third-order valence-corrected chi connectivity index (χ3v) is 3.50. The molecule has 0 bridgehead atoms. The summed E-state index contributed by atoms with van der Waals surface area (Å²) in [6.45, 7) is 3.85. The van der Waals surface area contributed by atoms with Crippen LogP contribution >= 0.6 is 0 Å². The molecule has 0 aliphatic carbocycles. The Morgan fingerprint density at radius 3 is 2.41 bits per heavy atom. The van der Waals surface area contributed by atoms with E-state index in [-0.39, 0.29) is 17.5 Å². The number of aryl methyl sites for hydroxylation is 1. The lowest BCUT2D eigenvalue weighted by molar-refractivity contribution is -0.117. The Morgan fingerprint density at radius 2 is 1.77 bits per heavy atom. The molecule has 0 heterocycles. The molecular formula is C19H18N2O. The van der Waals surface area contributed by atoms with E-state index in [1.165, 1.54) is 0 Å². The van der Waals surface area contributed by atoms with E-state index in [1.807, 2.05) is 74.5 Å². The van der Waals surface area contributed by atoms with E-state index in [4.69, 9.17) is 0 Å². The molecule has 0 aliphatic rings. The Bertz CT molecular complexity index is 727. The molecular weight excluding hydrogens is 272 g/mol. The number of carbonyl (C=O) groups excluding carboxylic acids is 1. The fraction of sp³-hybridized carbons (Fsp3) is 0.158. The normalized spacial score (nSPS) is 12.3. The van der Waals surface area contributed by atoms with E-state index < -0.39 is 0 Å². The summed E-state index contributed by atoms with van der Waals surface area (Å²) >= 11 is 0. The van der Waals surface area contributed by atoms with Crippen molar-refractivity contribution in [1.82, 2.24) is 5.32 Å². The van der Waals surface area contributed by atoms with Crippen molar-refractivity contribution < 1.29 is 4.79 Å². The van der Waals surface area contributed by atoms with Gasteiger partial charge in [-0.1, -0.05) is 54.6 Å². The summed E-state index contributed by atoms with van der Waals surface area (Å²) < 4.78 is 0. The first-order chi connectivity index (χ1) is 10.6. The number of nitrogens with one attached hydrogen (secondary N) is 1. The minimum atomic E-state index is -0.359. The van der Waals surface area contributed by atoms with Crippen LogP contribution in [0.4, 0.5) is 0 Å². The van der Waals surface area contributed by atoms with E-state index in [0.717, 1.165) is 16.7 Å². The second-order valence-electron chi connectivity index (χ2n) is 5.13. The van der Waals surface area contributed by atoms with E-state index in [2.05, 4.69) is 5.32 Å². The van der Waals surface area contributed by atoms with Crippen LogP contribution in [0.15, 0.2) is 60.2 Å². The van der Waals surface area contributed by atoms with Crippen molar-refractivity contribution in [3.05, 3.63) is 76.9 Å². The molecule has 1 amide bonds. The molecule has 0 radical (unpaired) electrons. The molecule has 0 saturated heterocycles. The van der Waals surface area contributed by atoms with Crippen LogP contribution in [0.3, 0.4) is 0 Å². The zero-order chi connectivity index (χ0) is 15.9. The molecule has 1 N–H and O–H groups in total. The summed E-state index contributed by atoms with van der Waals surface area (Å²) in [5.74, 6) is -0.359. The van der Waals surface area contributed by atoms with Gasteiger partial charge in [0.25, 0.3) is 5.91 Å². The van der Waals surface area contributed by atoms with Crippen molar-refractivity contribution in [3.63, 3.8) is 0 Å². The number of nitrogens with zero attached hydrogens (tertiary/aromatic N) is 1. The molecule has 2 aromatic rings. The highest BCUT2D eigenvalue weighted by Crippen LogP contribution is 2.15. The number of benzene rings is 2. The van der Waals surface area contributed by atoms with Crippen molar-refractivity contribution in [2.45, 2.75) is 19.9 Å². The van der Waals surface area contributed by atoms with E-state index >= 15 is 0 Å². The standard InChI is InChI=1S/C19H18N2O/c1-14-8-6-7-11-17(14)12-18(13-20)19(22)21-15(2)16-9-4-3-5-10-16/h3-12,15H,1-2H3,(H,21,22)/b18-12-. The molecule has 0 aliphatic heterocycles. The summed E-state index contributed by atoms with van der Waals surface area (Å²) in [4.78, 5) is 12.3. The van der Waals surface area contributed by atoms with Gasteiger partial charge in [-0.3, -0.25) is 4.79 Å². The second-order valence-corrected chi connectivity index (χ2v) is 5.13. The van der Waals surface area contributed by atoms with Gasteiger partial charge in [-0.2, -0.15) is 5.26 Å². The molecule has 110 valence electrons. The molecule has 2 rings (SSSR count). The third-order valence-electron chi connectivity index (χ3n) is 3.50. The summed E-state index contributed by atoms with van der Waals surface area (Å²) in [6.07, 6.45) is 1.63. The molecule has 22 heavy (non-hydrogen) atoms. The fourth-order valence-corrected chi connectivity index (χ4v) is 2.15. The van der Waals surface area contributed by atoms with E-state index in [0.29, 0.717) is 0 Å². The van der Waals surface area contributed by atoms with Crippen LogP contribution in [0, 0.1) is 18.3 Å². The molecule has 2 aromatic carbocycles. The first-order valence-electron chi connectivity index (χ1n) is 7.15. The van der Waals surface area contributed by atoms with Gasteiger partial charge < -0.3 is 5.32 Å². The van der Waals surface area contributed by atoms with Crippen molar-refractivity contribution >= 4 is 12.0 Å². The van der Waals surface area contributed by atoms with Crippen LogP contribution in [-0.4, -0.2) is 5.91 Å². The minimum Gasteiger partial charge on any atom is -0.345 e. The van der Waals surface area contributed by atoms with Crippen LogP contribution in [0.5, 0.6) is 0 Å². The van der Waals surface area contributed by atoms with Crippen molar-refractivity contribution in [2.24, 2.45) is 0 Å². The minimum absolute atomic E-state index is 0.108. The van der Waals surface area contributed by atoms with Crippen LogP contribution in [0.2, 0.25) is 0 Å². The molecule has 1 atom stereocenters. The van der Waals surface area contributed by atoms with Crippen LogP contribution < -0.4 is 5.32 Å². The van der Waals surface area contributed by atoms with Crippen molar-refractivity contribution in [2.75, 3.05) is 0 Å². The first kappa shape index (κ1) is 15.5. The molecule has 0 fully saturated rings. The maximum Gasteiger partial charge on any atom is 0.262 e. The number of carbonyl (C=O) groups is 1. The van der Waals surface area contributed by atoms with Crippen molar-refractivity contribution in [3.8, 4) is 6.07 Å². The predicted octanol–water partition coefficient (Wildman–Crippen LogP) is 3.78. The third kappa shape index (κ3) is 3.83. The van der Waals surface area contributed by atoms with Crippen LogP contribution in [0.1, 0.15) is 29.7 Å². The Hall–Kier alpha value is -2.86. The quantitative estimate of drug-likeness (QED) is 0.688. The van der Waals surface area contributed by atoms with Gasteiger partial charge in [-0.15, -0.1) is 0 Å². The van der Waals surface area contributed by atoms with Gasteiger partial charge in [-0.25, -0.2) is 0 Å². The average Bonchev–Trinajstić information content (AvgIpc) is 2.54. The zero-order valence-corrected chi connectivity index (χ0v) is 12.7. The van der Waals surface area contributed by atoms with Gasteiger partial charge in [0.1, 0.15) is 11.6 Å². The number of nitriles is 1. The van der Waals surface area contributed by atoms with Gasteiger partial charge in [0, 0.05) is 0 Å². The monoisotopic (exact) mass is 290 g/mol. The Morgan fingerprint density at radius 1 is 1.14 bits per heavy atom. The van der Waals surface area contributed by atoms with Gasteiger partial charge in [0.05, 0.1) is 6.04 Å². The average molecular weight is 290 g/mol. The second kappa shape index (κ2) is 7.24. The lowest BCUT2D eigenvalue weighted by Gasteiger charge is -2.13. The summed E-state index contributed by atoms with van der Waals surface area (Å²) in [7, 11) is 0. The highest BCUT2D eigenvalue weighted by Gasteiger charge is 2.13. The summed E-state index contributed by atoms with van der Waals surface area (Å²) in [6, 6.07) is 19.2. The lowest BCUT2D eigenvalue weighted by Crippen LogP contribution is -2.27. The Labute approximate surface area is 130 Å². The molecule has 0 spiro atoms. The lowest BCUT2D eigenvalue weighted by atomic mass is 10.0. The number of hydrogen-bond acceptors (Lipinski definition) is 2. The molecule has 1 unspecified atom stereocenters. The van der Waals surface area contributed by atoms with Crippen LogP contribution in [-0.2, 0) is 4.79 Å². The Balaban J connectivity index is 2.17.